The van der Waals surface area contributed by atoms with E-state index in [4.69, 9.17) is 5.11 Å². The predicted molar refractivity (Wildman–Crippen MR) is 77.8 cm³/mol. The molecule has 0 saturated carbocycles. The van der Waals surface area contributed by atoms with E-state index in [1.165, 1.54) is 57.8 Å². The highest BCUT2D eigenvalue weighted by atomic mass is 28.1. The predicted octanol–water partition coefficient (Wildman–Crippen LogP) is 3.54. The quantitative estimate of drug-likeness (QED) is 0.429. The zero-order valence-electron chi connectivity index (χ0n) is 11.7. The summed E-state index contributed by atoms with van der Waals surface area (Å²) < 4.78 is 0. The Morgan fingerprint density at radius 1 is 1.00 bits per heavy atom. The zero-order chi connectivity index (χ0) is 12.9. The van der Waals surface area contributed by atoms with Crippen LogP contribution in [0.3, 0.4) is 0 Å². The zero-order valence-corrected chi connectivity index (χ0v) is 13.7. The van der Waals surface area contributed by atoms with Crippen LogP contribution in [-0.2, 0) is 4.79 Å². The van der Waals surface area contributed by atoms with Crippen LogP contribution in [0.15, 0.2) is 0 Å². The van der Waals surface area contributed by atoms with E-state index < -0.39 is 5.97 Å². The first kappa shape index (κ1) is 16.7. The molecule has 0 amide bonds. The number of carboxylic acid groups (broad SMARTS) is 1. The molecule has 0 fully saturated rings. The van der Waals surface area contributed by atoms with Crippen molar-refractivity contribution >= 4 is 16.2 Å². The Morgan fingerprint density at radius 3 is 1.94 bits per heavy atom. The van der Waals surface area contributed by atoms with E-state index in [2.05, 4.69) is 6.92 Å². The number of aliphatic carboxylic acids is 1. The van der Waals surface area contributed by atoms with Crippen LogP contribution >= 0.6 is 0 Å². The Hall–Kier alpha value is -0.313. The molecule has 0 radical (unpaired) electrons. The van der Waals surface area contributed by atoms with Crippen molar-refractivity contribution in [1.82, 2.24) is 0 Å². The maximum atomic E-state index is 10.5. The van der Waals surface area contributed by atoms with Crippen LogP contribution in [0.2, 0.25) is 5.54 Å². The van der Waals surface area contributed by atoms with Crippen LogP contribution in [0.5, 0.6) is 0 Å². The molecular weight excluding hydrogens is 228 g/mol. The second-order valence-electron chi connectivity index (χ2n) is 5.32. The molecule has 0 spiro atoms. The standard InChI is InChI=1S/C14H30O2Si/c1-2-3-4-5-6-7-8-9-10-11-13(17)12-14(15)16/h13H,2-12H2,1,17H3,(H,15,16). The maximum Gasteiger partial charge on any atom is 0.303 e. The molecular formula is C14H30O2Si. The highest BCUT2D eigenvalue weighted by molar-refractivity contribution is 6.12. The third-order valence-corrected chi connectivity index (χ3v) is 4.31. The first-order valence-electron chi connectivity index (χ1n) is 7.38. The van der Waals surface area contributed by atoms with E-state index in [9.17, 15) is 4.79 Å². The fourth-order valence-electron chi connectivity index (χ4n) is 2.20. The van der Waals surface area contributed by atoms with E-state index in [-0.39, 0.29) is 0 Å². The van der Waals surface area contributed by atoms with Crippen LogP contribution in [-0.4, -0.2) is 21.3 Å². The van der Waals surface area contributed by atoms with Crippen molar-refractivity contribution in [3.8, 4) is 0 Å². The van der Waals surface area contributed by atoms with Gasteiger partial charge in [0, 0.05) is 16.7 Å². The summed E-state index contributed by atoms with van der Waals surface area (Å²) in [6.07, 6.45) is 13.7. The number of hydrogen-bond donors (Lipinski definition) is 1. The molecule has 17 heavy (non-hydrogen) atoms. The lowest BCUT2D eigenvalue weighted by molar-refractivity contribution is -0.137. The monoisotopic (exact) mass is 258 g/mol. The van der Waals surface area contributed by atoms with Gasteiger partial charge in [0.2, 0.25) is 0 Å². The molecule has 1 unspecified atom stereocenters. The second kappa shape index (κ2) is 12.2. The molecule has 1 atom stereocenters. The van der Waals surface area contributed by atoms with Crippen molar-refractivity contribution in [3.63, 3.8) is 0 Å². The molecule has 0 aliphatic heterocycles. The second-order valence-corrected chi connectivity index (χ2v) is 6.95. The summed E-state index contributed by atoms with van der Waals surface area (Å²) >= 11 is 0. The molecule has 0 aliphatic rings. The molecule has 102 valence electrons. The molecule has 0 bridgehead atoms. The summed E-state index contributed by atoms with van der Waals surface area (Å²) in [6, 6.07) is 0. The molecule has 0 aromatic heterocycles. The third kappa shape index (κ3) is 13.6. The van der Waals surface area contributed by atoms with Crippen molar-refractivity contribution < 1.29 is 9.90 Å². The number of rotatable bonds is 12. The Bertz CT molecular complexity index is 183. The summed E-state index contributed by atoms with van der Waals surface area (Å²) in [5.41, 5.74) is 0.483. The summed E-state index contributed by atoms with van der Waals surface area (Å²) in [5, 5.41) is 8.65. The van der Waals surface area contributed by atoms with Gasteiger partial charge in [-0.2, -0.15) is 0 Å². The van der Waals surface area contributed by atoms with Gasteiger partial charge in [-0.25, -0.2) is 0 Å². The average molecular weight is 258 g/mol. The van der Waals surface area contributed by atoms with Crippen molar-refractivity contribution in [2.24, 2.45) is 0 Å². The van der Waals surface area contributed by atoms with E-state index >= 15 is 0 Å². The third-order valence-electron chi connectivity index (χ3n) is 3.32. The molecule has 0 aromatic carbocycles. The smallest absolute Gasteiger partial charge is 0.303 e. The SMILES string of the molecule is CCCCCCCCCCCC([SiH3])CC(=O)O. The van der Waals surface area contributed by atoms with Gasteiger partial charge in [0.1, 0.15) is 0 Å². The lowest BCUT2D eigenvalue weighted by Gasteiger charge is -2.07. The van der Waals surface area contributed by atoms with E-state index in [1.807, 2.05) is 0 Å². The van der Waals surface area contributed by atoms with Crippen LogP contribution in [0, 0.1) is 0 Å². The molecule has 3 heteroatoms. The maximum absolute atomic E-state index is 10.5. The van der Waals surface area contributed by atoms with Gasteiger partial charge in [-0.1, -0.05) is 71.1 Å². The van der Waals surface area contributed by atoms with Gasteiger partial charge in [0.15, 0.2) is 0 Å². The Balaban J connectivity index is 3.10. The highest BCUT2D eigenvalue weighted by Gasteiger charge is 2.06. The molecule has 0 heterocycles. The van der Waals surface area contributed by atoms with Crippen molar-refractivity contribution in [2.75, 3.05) is 0 Å². The first-order chi connectivity index (χ1) is 8.16. The van der Waals surface area contributed by atoms with Gasteiger partial charge < -0.3 is 5.11 Å². The van der Waals surface area contributed by atoms with E-state index in [1.54, 1.807) is 0 Å². The molecule has 0 saturated heterocycles. The Labute approximate surface area is 110 Å². The van der Waals surface area contributed by atoms with Gasteiger partial charge in [0.05, 0.1) is 0 Å². The normalized spacial score (nSPS) is 12.8. The summed E-state index contributed by atoms with van der Waals surface area (Å²) in [5.74, 6) is -0.624. The number of carbonyl (C=O) groups is 1. The van der Waals surface area contributed by atoms with E-state index in [0.717, 1.165) is 16.7 Å². The van der Waals surface area contributed by atoms with Gasteiger partial charge >= 0.3 is 5.97 Å². The fourth-order valence-corrected chi connectivity index (χ4v) is 2.96. The van der Waals surface area contributed by atoms with Gasteiger partial charge in [-0.3, -0.25) is 4.79 Å². The topological polar surface area (TPSA) is 37.3 Å². The van der Waals surface area contributed by atoms with Crippen molar-refractivity contribution in [1.29, 1.82) is 0 Å². The lowest BCUT2D eigenvalue weighted by atomic mass is 10.1. The van der Waals surface area contributed by atoms with Gasteiger partial charge in [-0.15, -0.1) is 0 Å². The van der Waals surface area contributed by atoms with Gasteiger partial charge in [0.25, 0.3) is 0 Å². The van der Waals surface area contributed by atoms with Crippen molar-refractivity contribution in [3.05, 3.63) is 0 Å². The Kier molecular flexibility index (Phi) is 11.9. The molecule has 1 N–H and O–H groups in total. The van der Waals surface area contributed by atoms with E-state index in [0.29, 0.717) is 12.0 Å². The largest absolute Gasteiger partial charge is 0.481 e. The van der Waals surface area contributed by atoms with Crippen LogP contribution in [0.4, 0.5) is 0 Å². The molecule has 0 aromatic rings. The van der Waals surface area contributed by atoms with Crippen LogP contribution < -0.4 is 0 Å². The minimum absolute atomic E-state index is 0.392. The molecule has 0 rings (SSSR count). The summed E-state index contributed by atoms with van der Waals surface area (Å²) in [6.45, 7) is 2.25. The Morgan fingerprint density at radius 2 is 1.47 bits per heavy atom. The summed E-state index contributed by atoms with van der Waals surface area (Å²) in [7, 11) is 1.03. The minimum atomic E-state index is -0.624. The first-order valence-corrected chi connectivity index (χ1v) is 8.54. The fraction of sp³-hybridized carbons (Fsp3) is 0.929. The number of carboxylic acids is 1. The highest BCUT2D eigenvalue weighted by Crippen LogP contribution is 2.17. The number of unbranched alkanes of at least 4 members (excludes halogenated alkanes) is 8. The molecule has 2 nitrogen and oxygen atoms in total. The van der Waals surface area contributed by atoms with Crippen LogP contribution in [0.25, 0.3) is 0 Å². The van der Waals surface area contributed by atoms with Gasteiger partial charge in [-0.05, 0) is 5.54 Å². The average Bonchev–Trinajstić information content (AvgIpc) is 2.26. The lowest BCUT2D eigenvalue weighted by Crippen LogP contribution is -2.02. The van der Waals surface area contributed by atoms with Crippen molar-refractivity contribution in [2.45, 2.75) is 83.1 Å². The minimum Gasteiger partial charge on any atom is -0.481 e. The summed E-state index contributed by atoms with van der Waals surface area (Å²) in [4.78, 5) is 10.5. The van der Waals surface area contributed by atoms with Crippen LogP contribution in [0.1, 0.15) is 77.6 Å². The number of hydrogen-bond acceptors (Lipinski definition) is 1. The molecule has 0 aliphatic carbocycles.